The Morgan fingerprint density at radius 3 is 2.58 bits per heavy atom. The lowest BCUT2D eigenvalue weighted by Crippen LogP contribution is -2.45. The van der Waals surface area contributed by atoms with Crippen LogP contribution in [0.25, 0.3) is 0 Å². The van der Waals surface area contributed by atoms with Crippen molar-refractivity contribution in [1.82, 2.24) is 19.6 Å². The first-order chi connectivity index (χ1) is 8.88. The highest BCUT2D eigenvalue weighted by Crippen LogP contribution is 2.14. The van der Waals surface area contributed by atoms with Crippen molar-refractivity contribution in [3.8, 4) is 0 Å². The van der Waals surface area contributed by atoms with Crippen LogP contribution >= 0.6 is 0 Å². The van der Waals surface area contributed by atoms with Crippen molar-refractivity contribution in [2.45, 2.75) is 37.8 Å². The molecule has 1 aliphatic rings. The SMILES string of the molecule is CC(=O)N1CCC(NS(=O)(=O)c2cnc(C)[nH]2)CC1. The Balaban J connectivity index is 1.97. The molecule has 0 radical (unpaired) electrons. The van der Waals surface area contributed by atoms with E-state index in [4.69, 9.17) is 0 Å². The van der Waals surface area contributed by atoms with Gasteiger partial charge in [0.2, 0.25) is 5.91 Å². The van der Waals surface area contributed by atoms with Crippen LogP contribution in [0.2, 0.25) is 0 Å². The number of rotatable bonds is 3. The molecule has 8 heteroatoms. The molecule has 1 aliphatic heterocycles. The van der Waals surface area contributed by atoms with Gasteiger partial charge in [0.05, 0.1) is 6.20 Å². The number of carbonyl (C=O) groups is 1. The number of likely N-dealkylation sites (tertiary alicyclic amines) is 1. The second-order valence-electron chi connectivity index (χ2n) is 4.73. The monoisotopic (exact) mass is 286 g/mol. The smallest absolute Gasteiger partial charge is 0.257 e. The van der Waals surface area contributed by atoms with Crippen LogP contribution in [0.15, 0.2) is 11.2 Å². The highest BCUT2D eigenvalue weighted by molar-refractivity contribution is 7.89. The number of hydrogen-bond acceptors (Lipinski definition) is 4. The first kappa shape index (κ1) is 14.0. The average molecular weight is 286 g/mol. The summed E-state index contributed by atoms with van der Waals surface area (Å²) in [6.45, 7) is 4.40. The van der Waals surface area contributed by atoms with Crippen molar-refractivity contribution in [3.05, 3.63) is 12.0 Å². The molecular weight excluding hydrogens is 268 g/mol. The predicted molar refractivity (Wildman–Crippen MR) is 68.9 cm³/mol. The zero-order chi connectivity index (χ0) is 14.0. The topological polar surface area (TPSA) is 95.2 Å². The van der Waals surface area contributed by atoms with Gasteiger partial charge < -0.3 is 9.88 Å². The lowest BCUT2D eigenvalue weighted by Gasteiger charge is -2.31. The Hall–Kier alpha value is -1.41. The highest BCUT2D eigenvalue weighted by Gasteiger charge is 2.26. The third-order valence-corrected chi connectivity index (χ3v) is 4.66. The summed E-state index contributed by atoms with van der Waals surface area (Å²) in [5.41, 5.74) is 0. The first-order valence-corrected chi connectivity index (χ1v) is 7.66. The molecule has 0 spiro atoms. The molecule has 2 N–H and O–H groups in total. The van der Waals surface area contributed by atoms with Crippen molar-refractivity contribution in [2.24, 2.45) is 0 Å². The summed E-state index contributed by atoms with van der Waals surface area (Å²) >= 11 is 0. The molecule has 0 atom stereocenters. The van der Waals surface area contributed by atoms with Crippen molar-refractivity contribution >= 4 is 15.9 Å². The summed E-state index contributed by atoms with van der Waals surface area (Å²) in [6.07, 6.45) is 2.57. The quantitative estimate of drug-likeness (QED) is 0.818. The van der Waals surface area contributed by atoms with Crippen molar-refractivity contribution < 1.29 is 13.2 Å². The molecule has 0 aromatic carbocycles. The molecule has 7 nitrogen and oxygen atoms in total. The van der Waals surface area contributed by atoms with Crippen molar-refractivity contribution in [2.75, 3.05) is 13.1 Å². The van der Waals surface area contributed by atoms with E-state index in [-0.39, 0.29) is 17.0 Å². The molecule has 2 rings (SSSR count). The Morgan fingerprint density at radius 1 is 1.47 bits per heavy atom. The Kier molecular flexibility index (Phi) is 3.91. The summed E-state index contributed by atoms with van der Waals surface area (Å²) in [5.74, 6) is 0.595. The maximum atomic E-state index is 12.1. The fourth-order valence-electron chi connectivity index (χ4n) is 2.13. The van der Waals surface area contributed by atoms with Crippen LogP contribution in [-0.2, 0) is 14.8 Å². The van der Waals surface area contributed by atoms with Gasteiger partial charge in [-0.2, -0.15) is 0 Å². The van der Waals surface area contributed by atoms with Gasteiger partial charge in [0.15, 0.2) is 5.03 Å². The Morgan fingerprint density at radius 2 is 2.11 bits per heavy atom. The fourth-order valence-corrected chi connectivity index (χ4v) is 3.41. The largest absolute Gasteiger partial charge is 0.343 e. The van der Waals surface area contributed by atoms with Crippen LogP contribution in [-0.4, -0.2) is 48.3 Å². The van der Waals surface area contributed by atoms with Gasteiger partial charge in [0.1, 0.15) is 5.82 Å². The van der Waals surface area contributed by atoms with Crippen LogP contribution in [0.5, 0.6) is 0 Å². The number of hydrogen-bond donors (Lipinski definition) is 2. The number of sulfonamides is 1. The van der Waals surface area contributed by atoms with E-state index in [1.807, 2.05) is 0 Å². The maximum absolute atomic E-state index is 12.1. The zero-order valence-corrected chi connectivity index (χ0v) is 11.8. The van der Waals surface area contributed by atoms with E-state index in [1.165, 1.54) is 13.1 Å². The molecular formula is C11H18N4O3S. The van der Waals surface area contributed by atoms with Crippen LogP contribution in [0.3, 0.4) is 0 Å². The van der Waals surface area contributed by atoms with E-state index < -0.39 is 10.0 Å². The van der Waals surface area contributed by atoms with Gasteiger partial charge in [-0.1, -0.05) is 0 Å². The van der Waals surface area contributed by atoms with Gasteiger partial charge in [0, 0.05) is 26.1 Å². The number of aromatic amines is 1. The van der Waals surface area contributed by atoms with Crippen LogP contribution < -0.4 is 4.72 Å². The molecule has 106 valence electrons. The second-order valence-corrected chi connectivity index (χ2v) is 6.42. The van der Waals surface area contributed by atoms with Gasteiger partial charge in [-0.25, -0.2) is 18.1 Å². The van der Waals surface area contributed by atoms with Crippen LogP contribution in [0.1, 0.15) is 25.6 Å². The maximum Gasteiger partial charge on any atom is 0.257 e. The molecule has 1 aromatic heterocycles. The number of nitrogens with zero attached hydrogens (tertiary/aromatic N) is 2. The minimum Gasteiger partial charge on any atom is -0.343 e. The summed E-state index contributed by atoms with van der Waals surface area (Å²) < 4.78 is 26.8. The number of aromatic nitrogens is 2. The van der Waals surface area contributed by atoms with E-state index >= 15 is 0 Å². The van der Waals surface area contributed by atoms with E-state index in [9.17, 15) is 13.2 Å². The Labute approximate surface area is 112 Å². The number of piperidine rings is 1. The normalized spacial score (nSPS) is 17.7. The number of amides is 1. The summed E-state index contributed by atoms with van der Waals surface area (Å²) in [4.78, 5) is 19.5. The minimum absolute atomic E-state index is 0.0329. The third-order valence-electron chi connectivity index (χ3n) is 3.23. The summed E-state index contributed by atoms with van der Waals surface area (Å²) in [6, 6.07) is -0.135. The molecule has 0 saturated carbocycles. The van der Waals surface area contributed by atoms with Gasteiger partial charge in [0.25, 0.3) is 10.0 Å². The second kappa shape index (κ2) is 5.30. The molecule has 1 amide bonds. The number of H-pyrrole nitrogens is 1. The van der Waals surface area contributed by atoms with E-state index in [0.29, 0.717) is 31.8 Å². The number of aryl methyl sites for hydroxylation is 1. The lowest BCUT2D eigenvalue weighted by atomic mass is 10.1. The molecule has 1 aromatic rings. The molecule has 1 saturated heterocycles. The molecule has 2 heterocycles. The predicted octanol–water partition coefficient (Wildman–Crippen LogP) is 0.00732. The van der Waals surface area contributed by atoms with E-state index in [2.05, 4.69) is 14.7 Å². The average Bonchev–Trinajstić information content (AvgIpc) is 2.77. The van der Waals surface area contributed by atoms with E-state index in [0.717, 1.165) is 0 Å². The molecule has 0 aliphatic carbocycles. The zero-order valence-electron chi connectivity index (χ0n) is 11.0. The first-order valence-electron chi connectivity index (χ1n) is 6.18. The van der Waals surface area contributed by atoms with Gasteiger partial charge in [-0.3, -0.25) is 4.79 Å². The molecule has 0 bridgehead atoms. The summed E-state index contributed by atoms with van der Waals surface area (Å²) in [7, 11) is -3.55. The number of nitrogens with one attached hydrogen (secondary N) is 2. The number of imidazole rings is 1. The highest BCUT2D eigenvalue weighted by atomic mass is 32.2. The van der Waals surface area contributed by atoms with Crippen molar-refractivity contribution in [3.63, 3.8) is 0 Å². The van der Waals surface area contributed by atoms with Gasteiger partial charge in [-0.05, 0) is 19.8 Å². The van der Waals surface area contributed by atoms with Crippen LogP contribution in [0.4, 0.5) is 0 Å². The van der Waals surface area contributed by atoms with Gasteiger partial charge >= 0.3 is 0 Å². The molecule has 19 heavy (non-hydrogen) atoms. The van der Waals surface area contributed by atoms with E-state index in [1.54, 1.807) is 11.8 Å². The van der Waals surface area contributed by atoms with Crippen molar-refractivity contribution in [1.29, 1.82) is 0 Å². The molecule has 0 unspecified atom stereocenters. The standard InChI is InChI=1S/C11H18N4O3S/c1-8-12-7-11(13-8)19(17,18)14-10-3-5-15(6-4-10)9(2)16/h7,10,14H,3-6H2,1-2H3,(H,12,13). The molecule has 1 fully saturated rings. The fraction of sp³-hybridized carbons (Fsp3) is 0.636. The minimum atomic E-state index is -3.55. The summed E-state index contributed by atoms with van der Waals surface area (Å²) in [5, 5.41) is 0.0824. The number of carbonyl (C=O) groups excluding carboxylic acids is 1. The third kappa shape index (κ3) is 3.32. The lowest BCUT2D eigenvalue weighted by molar-refractivity contribution is -0.129. The Bertz CT molecular complexity index is 558. The van der Waals surface area contributed by atoms with Gasteiger partial charge in [-0.15, -0.1) is 0 Å². The van der Waals surface area contributed by atoms with Crippen LogP contribution in [0, 0.1) is 6.92 Å².